The van der Waals surface area contributed by atoms with E-state index in [1.165, 1.54) is 0 Å². The SMILES string of the molecule is FC(F)(F)CCNc1ccc(Br)c(Cl)c1Cl. The van der Waals surface area contributed by atoms with E-state index in [4.69, 9.17) is 23.2 Å². The van der Waals surface area contributed by atoms with Gasteiger partial charge in [-0.3, -0.25) is 0 Å². The lowest BCUT2D eigenvalue weighted by atomic mass is 10.3. The molecule has 16 heavy (non-hydrogen) atoms. The predicted octanol–water partition coefficient (Wildman–Crippen LogP) is 5.12. The van der Waals surface area contributed by atoms with Crippen LogP contribution in [0.15, 0.2) is 16.6 Å². The maximum atomic E-state index is 11.9. The molecule has 1 aromatic carbocycles. The number of hydrogen-bond donors (Lipinski definition) is 1. The number of alkyl halides is 3. The third-order valence-corrected chi connectivity index (χ3v) is 3.53. The normalized spacial score (nSPS) is 11.6. The molecule has 0 heterocycles. The zero-order chi connectivity index (χ0) is 12.3. The van der Waals surface area contributed by atoms with Crippen molar-refractivity contribution < 1.29 is 13.2 Å². The average Bonchev–Trinajstić information content (AvgIpc) is 2.16. The molecule has 7 heteroatoms. The second-order valence-corrected chi connectivity index (χ2v) is 4.63. The standard InChI is InChI=1S/C9H7BrCl2F3N/c10-5-1-2-6(8(12)7(5)11)16-4-3-9(13,14)15/h1-2,16H,3-4H2. The van der Waals surface area contributed by atoms with Crippen LogP contribution < -0.4 is 5.32 Å². The Hall–Kier alpha value is -0.130. The van der Waals surface area contributed by atoms with Crippen LogP contribution >= 0.6 is 39.1 Å². The molecular formula is C9H7BrCl2F3N. The summed E-state index contributed by atoms with van der Waals surface area (Å²) in [5.41, 5.74) is 0.388. The lowest BCUT2D eigenvalue weighted by Gasteiger charge is -2.11. The van der Waals surface area contributed by atoms with Gasteiger partial charge >= 0.3 is 6.18 Å². The lowest BCUT2D eigenvalue weighted by molar-refractivity contribution is -0.131. The molecule has 0 saturated carbocycles. The maximum absolute atomic E-state index is 11.9. The minimum Gasteiger partial charge on any atom is -0.383 e. The molecule has 0 aromatic heterocycles. The van der Waals surface area contributed by atoms with Gasteiger partial charge < -0.3 is 5.32 Å². The van der Waals surface area contributed by atoms with E-state index in [-0.39, 0.29) is 16.6 Å². The Labute approximate surface area is 109 Å². The molecule has 1 N–H and O–H groups in total. The van der Waals surface area contributed by atoms with Crippen LogP contribution in [0.4, 0.5) is 18.9 Å². The molecule has 0 aliphatic rings. The average molecular weight is 337 g/mol. The van der Waals surface area contributed by atoms with Gasteiger partial charge in [0.25, 0.3) is 0 Å². The van der Waals surface area contributed by atoms with Gasteiger partial charge in [0.2, 0.25) is 0 Å². The van der Waals surface area contributed by atoms with Gasteiger partial charge in [-0.05, 0) is 28.1 Å². The second-order valence-electron chi connectivity index (χ2n) is 3.01. The number of nitrogens with one attached hydrogen (secondary N) is 1. The first-order valence-corrected chi connectivity index (χ1v) is 5.80. The van der Waals surface area contributed by atoms with E-state index in [9.17, 15) is 13.2 Å². The monoisotopic (exact) mass is 335 g/mol. The number of anilines is 1. The zero-order valence-electron chi connectivity index (χ0n) is 7.84. The zero-order valence-corrected chi connectivity index (χ0v) is 10.9. The summed E-state index contributed by atoms with van der Waals surface area (Å²) in [4.78, 5) is 0. The Morgan fingerprint density at radius 1 is 1.19 bits per heavy atom. The number of halogens is 6. The second kappa shape index (κ2) is 5.47. The first-order chi connectivity index (χ1) is 7.31. The summed E-state index contributed by atoms with van der Waals surface area (Å²) in [6, 6.07) is 3.18. The highest BCUT2D eigenvalue weighted by Crippen LogP contribution is 2.35. The van der Waals surface area contributed by atoms with Gasteiger partial charge in [0.1, 0.15) is 0 Å². The molecule has 1 rings (SSSR count). The minimum atomic E-state index is -4.18. The maximum Gasteiger partial charge on any atom is 0.390 e. The van der Waals surface area contributed by atoms with Crippen molar-refractivity contribution in [2.75, 3.05) is 11.9 Å². The molecule has 0 radical (unpaired) electrons. The smallest absolute Gasteiger partial charge is 0.383 e. The van der Waals surface area contributed by atoms with Crippen molar-refractivity contribution in [1.29, 1.82) is 0 Å². The highest BCUT2D eigenvalue weighted by molar-refractivity contribution is 9.10. The van der Waals surface area contributed by atoms with Gasteiger partial charge in [0.15, 0.2) is 0 Å². The summed E-state index contributed by atoms with van der Waals surface area (Å²) in [7, 11) is 0. The van der Waals surface area contributed by atoms with E-state index in [2.05, 4.69) is 21.2 Å². The first kappa shape index (κ1) is 13.9. The minimum absolute atomic E-state index is 0.207. The fourth-order valence-corrected chi connectivity index (χ4v) is 1.84. The molecule has 90 valence electrons. The summed E-state index contributed by atoms with van der Waals surface area (Å²) in [6.07, 6.45) is -5.10. The van der Waals surface area contributed by atoms with Gasteiger partial charge in [-0.2, -0.15) is 13.2 Å². The summed E-state index contributed by atoms with van der Waals surface area (Å²) < 4.78 is 36.3. The molecule has 0 atom stereocenters. The Morgan fingerprint density at radius 2 is 1.81 bits per heavy atom. The van der Waals surface area contributed by atoms with E-state index in [1.54, 1.807) is 12.1 Å². The van der Waals surface area contributed by atoms with E-state index < -0.39 is 12.6 Å². The summed E-state index contributed by atoms with van der Waals surface area (Å²) in [6.45, 7) is -0.235. The van der Waals surface area contributed by atoms with Crippen molar-refractivity contribution >= 4 is 44.8 Å². The van der Waals surface area contributed by atoms with Crippen molar-refractivity contribution in [3.63, 3.8) is 0 Å². The van der Waals surface area contributed by atoms with Crippen LogP contribution in [0.3, 0.4) is 0 Å². The predicted molar refractivity (Wildman–Crippen MR) is 63.3 cm³/mol. The lowest BCUT2D eigenvalue weighted by Crippen LogP contribution is -2.14. The first-order valence-electron chi connectivity index (χ1n) is 4.25. The fraction of sp³-hybridized carbons (Fsp3) is 0.333. The van der Waals surface area contributed by atoms with Crippen LogP contribution in [0.2, 0.25) is 10.0 Å². The Kier molecular flexibility index (Phi) is 4.76. The molecule has 0 amide bonds. The van der Waals surface area contributed by atoms with Crippen LogP contribution in [0.25, 0.3) is 0 Å². The highest BCUT2D eigenvalue weighted by atomic mass is 79.9. The van der Waals surface area contributed by atoms with Crippen LogP contribution in [-0.4, -0.2) is 12.7 Å². The molecular weight excluding hydrogens is 330 g/mol. The van der Waals surface area contributed by atoms with Crippen LogP contribution in [0.1, 0.15) is 6.42 Å². The quantitative estimate of drug-likeness (QED) is 0.755. The summed E-state index contributed by atoms with van der Waals surface area (Å²) >= 11 is 14.8. The molecule has 1 aromatic rings. The summed E-state index contributed by atoms with van der Waals surface area (Å²) in [5, 5.41) is 3.06. The van der Waals surface area contributed by atoms with E-state index in [0.29, 0.717) is 10.2 Å². The number of rotatable bonds is 3. The topological polar surface area (TPSA) is 12.0 Å². The molecule has 0 saturated heterocycles. The van der Waals surface area contributed by atoms with Gasteiger partial charge in [0.05, 0.1) is 22.2 Å². The Balaban J connectivity index is 2.65. The van der Waals surface area contributed by atoms with Crippen molar-refractivity contribution in [2.24, 2.45) is 0 Å². The van der Waals surface area contributed by atoms with Gasteiger partial charge in [-0.25, -0.2) is 0 Å². The van der Waals surface area contributed by atoms with Gasteiger partial charge in [-0.1, -0.05) is 23.2 Å². The van der Waals surface area contributed by atoms with Gasteiger partial charge in [0, 0.05) is 11.0 Å². The third-order valence-electron chi connectivity index (χ3n) is 1.76. The van der Waals surface area contributed by atoms with Crippen LogP contribution in [-0.2, 0) is 0 Å². The molecule has 0 spiro atoms. The largest absolute Gasteiger partial charge is 0.390 e. The summed E-state index contributed by atoms with van der Waals surface area (Å²) in [5.74, 6) is 0. The molecule has 0 fully saturated rings. The number of hydrogen-bond acceptors (Lipinski definition) is 1. The van der Waals surface area contributed by atoms with Crippen molar-refractivity contribution in [3.05, 3.63) is 26.7 Å². The Bertz CT molecular complexity index is 382. The fourth-order valence-electron chi connectivity index (χ4n) is 1.00. The molecule has 0 aliphatic heterocycles. The van der Waals surface area contributed by atoms with E-state index >= 15 is 0 Å². The van der Waals surface area contributed by atoms with E-state index in [0.717, 1.165) is 0 Å². The van der Waals surface area contributed by atoms with E-state index in [1.807, 2.05) is 0 Å². The molecule has 1 nitrogen and oxygen atoms in total. The molecule has 0 aliphatic carbocycles. The van der Waals surface area contributed by atoms with Crippen molar-refractivity contribution in [3.8, 4) is 0 Å². The highest BCUT2D eigenvalue weighted by Gasteiger charge is 2.26. The molecule has 0 unspecified atom stereocenters. The van der Waals surface area contributed by atoms with Crippen LogP contribution in [0, 0.1) is 0 Å². The Morgan fingerprint density at radius 3 is 2.38 bits per heavy atom. The van der Waals surface area contributed by atoms with Crippen LogP contribution in [0.5, 0.6) is 0 Å². The van der Waals surface area contributed by atoms with Crippen molar-refractivity contribution in [1.82, 2.24) is 0 Å². The number of benzene rings is 1. The van der Waals surface area contributed by atoms with Crippen molar-refractivity contribution in [2.45, 2.75) is 12.6 Å². The third kappa shape index (κ3) is 4.03. The molecule has 0 bridgehead atoms. The van der Waals surface area contributed by atoms with Gasteiger partial charge in [-0.15, -0.1) is 0 Å².